The Bertz CT molecular complexity index is 1170. The summed E-state index contributed by atoms with van der Waals surface area (Å²) in [4.78, 5) is 16.8. The van der Waals surface area contributed by atoms with Crippen LogP contribution in [0.3, 0.4) is 0 Å². The van der Waals surface area contributed by atoms with Crippen molar-refractivity contribution in [2.75, 3.05) is 5.32 Å². The van der Waals surface area contributed by atoms with Crippen molar-refractivity contribution in [2.45, 2.75) is 13.3 Å². The number of amides is 1. The Balaban J connectivity index is 1.45. The van der Waals surface area contributed by atoms with Gasteiger partial charge in [-0.2, -0.15) is 0 Å². The van der Waals surface area contributed by atoms with Crippen LogP contribution in [0.25, 0.3) is 11.1 Å². The highest BCUT2D eigenvalue weighted by atomic mass is 35.5. The Morgan fingerprint density at radius 1 is 1.04 bits per heavy atom. The number of halogens is 2. The Kier molecular flexibility index (Phi) is 5.07. The average Bonchev–Trinajstić information content (AvgIpc) is 3.06. The molecular weight excluding hydrogens is 395 g/mol. The van der Waals surface area contributed by atoms with Gasteiger partial charge in [0.2, 0.25) is 0 Å². The van der Waals surface area contributed by atoms with Crippen LogP contribution in [0.4, 0.5) is 5.69 Å². The number of hydrogen-bond donors (Lipinski definition) is 1. The molecule has 4 nitrogen and oxygen atoms in total. The van der Waals surface area contributed by atoms with E-state index in [0.717, 1.165) is 16.6 Å². The maximum atomic E-state index is 12.4. The highest BCUT2D eigenvalue weighted by Gasteiger charge is 2.10. The van der Waals surface area contributed by atoms with Gasteiger partial charge in [0.1, 0.15) is 5.52 Å². The van der Waals surface area contributed by atoms with Gasteiger partial charge in [0, 0.05) is 27.7 Å². The molecule has 140 valence electrons. The van der Waals surface area contributed by atoms with Gasteiger partial charge in [0.15, 0.2) is 11.5 Å². The summed E-state index contributed by atoms with van der Waals surface area (Å²) in [6, 6.07) is 18.2. The zero-order valence-corrected chi connectivity index (χ0v) is 16.5. The van der Waals surface area contributed by atoms with Crippen molar-refractivity contribution in [3.8, 4) is 0 Å². The van der Waals surface area contributed by atoms with Crippen LogP contribution in [0, 0.1) is 6.92 Å². The van der Waals surface area contributed by atoms with Crippen molar-refractivity contribution in [2.24, 2.45) is 0 Å². The third-order valence-electron chi connectivity index (χ3n) is 4.40. The number of aryl methyl sites for hydroxylation is 1. The van der Waals surface area contributed by atoms with Gasteiger partial charge in [-0.15, -0.1) is 0 Å². The van der Waals surface area contributed by atoms with Gasteiger partial charge in [0.05, 0.1) is 0 Å². The van der Waals surface area contributed by atoms with Crippen LogP contribution in [0.2, 0.25) is 10.0 Å². The summed E-state index contributed by atoms with van der Waals surface area (Å²) in [5.74, 6) is 0.411. The van der Waals surface area contributed by atoms with Gasteiger partial charge in [-0.25, -0.2) is 4.98 Å². The number of hydrogen-bond acceptors (Lipinski definition) is 3. The van der Waals surface area contributed by atoms with Crippen LogP contribution in [-0.2, 0) is 6.42 Å². The maximum absolute atomic E-state index is 12.4. The summed E-state index contributed by atoms with van der Waals surface area (Å²) in [7, 11) is 0. The summed E-state index contributed by atoms with van der Waals surface area (Å²) in [5, 5.41) is 4.07. The Labute approximate surface area is 172 Å². The number of benzene rings is 3. The Morgan fingerprint density at radius 2 is 1.82 bits per heavy atom. The van der Waals surface area contributed by atoms with Crippen molar-refractivity contribution < 1.29 is 9.21 Å². The summed E-state index contributed by atoms with van der Waals surface area (Å²) >= 11 is 12.1. The van der Waals surface area contributed by atoms with Crippen molar-refractivity contribution in [3.05, 3.63) is 93.3 Å². The number of carbonyl (C=O) groups is 1. The van der Waals surface area contributed by atoms with E-state index in [9.17, 15) is 4.79 Å². The van der Waals surface area contributed by atoms with E-state index in [4.69, 9.17) is 27.6 Å². The van der Waals surface area contributed by atoms with E-state index in [1.54, 1.807) is 24.3 Å². The molecule has 0 saturated heterocycles. The molecule has 0 radical (unpaired) electrons. The zero-order chi connectivity index (χ0) is 19.7. The van der Waals surface area contributed by atoms with E-state index in [1.165, 1.54) is 0 Å². The number of anilines is 1. The van der Waals surface area contributed by atoms with E-state index < -0.39 is 0 Å². The third kappa shape index (κ3) is 4.03. The first-order valence-electron chi connectivity index (χ1n) is 8.69. The third-order valence-corrected chi connectivity index (χ3v) is 5.04. The molecule has 0 bridgehead atoms. The fourth-order valence-electron chi connectivity index (χ4n) is 2.84. The molecule has 28 heavy (non-hydrogen) atoms. The first-order valence-corrected chi connectivity index (χ1v) is 9.45. The zero-order valence-electron chi connectivity index (χ0n) is 15.0. The molecule has 3 aromatic carbocycles. The van der Waals surface area contributed by atoms with Gasteiger partial charge in [-0.05, 0) is 60.5 Å². The molecule has 4 rings (SSSR count). The number of carbonyl (C=O) groups excluding carboxylic acids is 1. The number of oxazole rings is 1. The number of rotatable bonds is 4. The van der Waals surface area contributed by atoms with Gasteiger partial charge >= 0.3 is 0 Å². The first kappa shape index (κ1) is 18.5. The molecule has 0 aliphatic heterocycles. The van der Waals surface area contributed by atoms with Crippen LogP contribution in [0.15, 0.2) is 65.1 Å². The van der Waals surface area contributed by atoms with Crippen LogP contribution in [0.1, 0.15) is 27.4 Å². The highest BCUT2D eigenvalue weighted by molar-refractivity contribution is 6.32. The fourth-order valence-corrected chi connectivity index (χ4v) is 3.19. The van der Waals surface area contributed by atoms with Crippen LogP contribution >= 0.6 is 23.2 Å². The van der Waals surface area contributed by atoms with Crippen LogP contribution in [0.5, 0.6) is 0 Å². The number of nitrogens with zero attached hydrogens (tertiary/aromatic N) is 1. The van der Waals surface area contributed by atoms with E-state index in [1.807, 2.05) is 43.3 Å². The predicted octanol–water partition coefficient (Wildman–Crippen LogP) is 6.29. The average molecular weight is 411 g/mol. The Morgan fingerprint density at radius 3 is 2.57 bits per heavy atom. The van der Waals surface area contributed by atoms with Crippen molar-refractivity contribution >= 4 is 45.9 Å². The highest BCUT2D eigenvalue weighted by Crippen LogP contribution is 2.22. The number of fused-ring (bicyclic) bond motifs is 1. The standard InChI is InChI=1S/C22H16Cl2N2O2/c1-13-2-5-15(11-18(13)24)22(27)25-17-7-3-14(4-8-17)10-21-26-19-12-16(23)6-9-20(19)28-21/h2-9,11-12H,10H2,1H3,(H,25,27). The molecule has 6 heteroatoms. The largest absolute Gasteiger partial charge is 0.440 e. The summed E-state index contributed by atoms with van der Waals surface area (Å²) < 4.78 is 5.75. The molecule has 0 fully saturated rings. The minimum atomic E-state index is -0.203. The quantitative estimate of drug-likeness (QED) is 0.430. The minimum Gasteiger partial charge on any atom is -0.440 e. The predicted molar refractivity (Wildman–Crippen MR) is 112 cm³/mol. The molecule has 0 saturated carbocycles. The maximum Gasteiger partial charge on any atom is 0.255 e. The molecule has 1 N–H and O–H groups in total. The lowest BCUT2D eigenvalue weighted by Gasteiger charge is -2.07. The Hall–Kier alpha value is -2.82. The first-order chi connectivity index (χ1) is 13.5. The molecular formula is C22H16Cl2N2O2. The molecule has 1 aromatic heterocycles. The molecule has 0 atom stereocenters. The number of aromatic nitrogens is 1. The summed E-state index contributed by atoms with van der Waals surface area (Å²) in [6.07, 6.45) is 0.550. The van der Waals surface area contributed by atoms with E-state index in [0.29, 0.717) is 39.2 Å². The molecule has 0 unspecified atom stereocenters. The molecule has 1 amide bonds. The van der Waals surface area contributed by atoms with Crippen LogP contribution < -0.4 is 5.32 Å². The smallest absolute Gasteiger partial charge is 0.255 e. The lowest BCUT2D eigenvalue weighted by molar-refractivity contribution is 0.102. The normalized spacial score (nSPS) is 11.0. The summed E-state index contributed by atoms with van der Waals surface area (Å²) in [6.45, 7) is 1.90. The second-order valence-corrected chi connectivity index (χ2v) is 7.36. The van der Waals surface area contributed by atoms with Gasteiger partial charge in [0.25, 0.3) is 5.91 Å². The number of nitrogens with one attached hydrogen (secondary N) is 1. The summed E-state index contributed by atoms with van der Waals surface area (Å²) in [5.41, 5.74) is 4.63. The fraction of sp³-hybridized carbons (Fsp3) is 0.0909. The van der Waals surface area contributed by atoms with Crippen LogP contribution in [-0.4, -0.2) is 10.9 Å². The topological polar surface area (TPSA) is 55.1 Å². The van der Waals surface area contributed by atoms with Crippen molar-refractivity contribution in [3.63, 3.8) is 0 Å². The molecule has 0 aliphatic carbocycles. The van der Waals surface area contributed by atoms with Crippen molar-refractivity contribution in [1.82, 2.24) is 4.98 Å². The van der Waals surface area contributed by atoms with Crippen molar-refractivity contribution in [1.29, 1.82) is 0 Å². The second kappa shape index (κ2) is 7.66. The lowest BCUT2D eigenvalue weighted by atomic mass is 10.1. The lowest BCUT2D eigenvalue weighted by Crippen LogP contribution is -2.11. The molecule has 1 heterocycles. The molecule has 0 spiro atoms. The van der Waals surface area contributed by atoms with Gasteiger partial charge < -0.3 is 9.73 Å². The van der Waals surface area contributed by atoms with Gasteiger partial charge in [-0.1, -0.05) is 41.4 Å². The minimum absolute atomic E-state index is 0.203. The monoisotopic (exact) mass is 410 g/mol. The second-order valence-electron chi connectivity index (χ2n) is 6.51. The van der Waals surface area contributed by atoms with E-state index >= 15 is 0 Å². The van der Waals surface area contributed by atoms with E-state index in [-0.39, 0.29) is 5.91 Å². The van der Waals surface area contributed by atoms with E-state index in [2.05, 4.69) is 10.3 Å². The van der Waals surface area contributed by atoms with Gasteiger partial charge in [-0.3, -0.25) is 4.79 Å². The molecule has 4 aromatic rings. The SMILES string of the molecule is Cc1ccc(C(=O)Nc2ccc(Cc3nc4cc(Cl)ccc4o3)cc2)cc1Cl. The molecule has 0 aliphatic rings.